The summed E-state index contributed by atoms with van der Waals surface area (Å²) in [7, 11) is 0. The Morgan fingerprint density at radius 2 is 2.20 bits per heavy atom. The van der Waals surface area contributed by atoms with Gasteiger partial charge in [0.15, 0.2) is 0 Å². The van der Waals surface area contributed by atoms with Gasteiger partial charge in [-0.1, -0.05) is 15.9 Å². The Morgan fingerprint density at radius 1 is 1.47 bits per heavy atom. The smallest absolute Gasteiger partial charge is 0.128 e. The van der Waals surface area contributed by atoms with Crippen molar-refractivity contribution < 1.29 is 0 Å². The number of aryl methyl sites for hydroxylation is 1. The molecule has 2 rings (SSSR count). The molecule has 2 nitrogen and oxygen atoms in total. The highest BCUT2D eigenvalue weighted by molar-refractivity contribution is 9.09. The summed E-state index contributed by atoms with van der Waals surface area (Å²) < 4.78 is 0. The molecule has 1 aliphatic heterocycles. The lowest BCUT2D eigenvalue weighted by Gasteiger charge is -2.32. The third-order valence-electron chi connectivity index (χ3n) is 3.06. The maximum atomic E-state index is 4.43. The van der Waals surface area contributed by atoms with Gasteiger partial charge in [0, 0.05) is 24.6 Å². The van der Waals surface area contributed by atoms with Crippen LogP contribution in [0.25, 0.3) is 0 Å². The molecule has 2 heterocycles. The second-order valence-corrected chi connectivity index (χ2v) is 4.92. The van der Waals surface area contributed by atoms with Crippen molar-refractivity contribution in [3.8, 4) is 0 Å². The van der Waals surface area contributed by atoms with Crippen LogP contribution in [0.2, 0.25) is 0 Å². The van der Waals surface area contributed by atoms with E-state index in [0.29, 0.717) is 0 Å². The fourth-order valence-corrected chi connectivity index (χ4v) is 2.66. The zero-order chi connectivity index (χ0) is 10.7. The van der Waals surface area contributed by atoms with Crippen LogP contribution in [0.15, 0.2) is 18.3 Å². The molecule has 0 aromatic carbocycles. The van der Waals surface area contributed by atoms with E-state index in [1.807, 2.05) is 6.20 Å². The highest BCUT2D eigenvalue weighted by Crippen LogP contribution is 2.23. The number of nitrogens with zero attached hydrogens (tertiary/aromatic N) is 2. The summed E-state index contributed by atoms with van der Waals surface area (Å²) >= 11 is 3.56. The van der Waals surface area contributed by atoms with Crippen molar-refractivity contribution in [2.45, 2.75) is 19.8 Å². The molecule has 82 valence electrons. The Hall–Kier alpha value is -0.570. The zero-order valence-corrected chi connectivity index (χ0v) is 10.7. The normalized spacial score (nSPS) is 18.1. The van der Waals surface area contributed by atoms with Gasteiger partial charge in [-0.25, -0.2) is 4.98 Å². The Morgan fingerprint density at radius 3 is 2.80 bits per heavy atom. The first-order chi connectivity index (χ1) is 7.29. The molecule has 0 unspecified atom stereocenters. The Labute approximate surface area is 99.8 Å². The lowest BCUT2D eigenvalue weighted by atomic mass is 9.99. The molecular formula is C12H17BrN2. The van der Waals surface area contributed by atoms with Gasteiger partial charge in [-0.2, -0.15) is 0 Å². The van der Waals surface area contributed by atoms with Crippen molar-refractivity contribution >= 4 is 21.7 Å². The van der Waals surface area contributed by atoms with Crippen LogP contribution in [0.1, 0.15) is 18.4 Å². The van der Waals surface area contributed by atoms with Gasteiger partial charge in [-0.05, 0) is 43.4 Å². The van der Waals surface area contributed by atoms with Gasteiger partial charge in [0.05, 0.1) is 0 Å². The van der Waals surface area contributed by atoms with Crippen molar-refractivity contribution in [1.82, 2.24) is 4.98 Å². The molecule has 0 radical (unpaired) electrons. The predicted molar refractivity (Wildman–Crippen MR) is 67.7 cm³/mol. The molecule has 0 amide bonds. The van der Waals surface area contributed by atoms with Crippen molar-refractivity contribution in [2.24, 2.45) is 5.92 Å². The predicted octanol–water partition coefficient (Wildman–Crippen LogP) is 3.00. The molecule has 15 heavy (non-hydrogen) atoms. The van der Waals surface area contributed by atoms with E-state index in [0.717, 1.165) is 30.2 Å². The topological polar surface area (TPSA) is 16.1 Å². The van der Waals surface area contributed by atoms with Crippen LogP contribution in [0.3, 0.4) is 0 Å². The number of alkyl halides is 1. The first-order valence-corrected chi connectivity index (χ1v) is 6.65. The quantitative estimate of drug-likeness (QED) is 0.767. The number of piperidine rings is 1. The summed E-state index contributed by atoms with van der Waals surface area (Å²) in [5.41, 5.74) is 1.29. The van der Waals surface area contributed by atoms with Crippen LogP contribution < -0.4 is 4.90 Å². The Bertz CT molecular complexity index is 319. The van der Waals surface area contributed by atoms with Crippen molar-refractivity contribution in [2.75, 3.05) is 23.3 Å². The van der Waals surface area contributed by atoms with Crippen LogP contribution in [-0.2, 0) is 0 Å². The molecular weight excluding hydrogens is 252 g/mol. The van der Waals surface area contributed by atoms with E-state index in [9.17, 15) is 0 Å². The number of aromatic nitrogens is 1. The summed E-state index contributed by atoms with van der Waals surface area (Å²) in [5, 5.41) is 1.14. The minimum atomic E-state index is 0.853. The van der Waals surface area contributed by atoms with Crippen molar-refractivity contribution in [1.29, 1.82) is 0 Å². The van der Waals surface area contributed by atoms with Crippen LogP contribution >= 0.6 is 15.9 Å². The van der Waals surface area contributed by atoms with Gasteiger partial charge in [0.25, 0.3) is 0 Å². The zero-order valence-electron chi connectivity index (χ0n) is 9.12. The molecule has 1 aromatic heterocycles. The third-order valence-corrected chi connectivity index (χ3v) is 3.97. The van der Waals surface area contributed by atoms with Gasteiger partial charge in [0.2, 0.25) is 0 Å². The van der Waals surface area contributed by atoms with Crippen LogP contribution in [-0.4, -0.2) is 23.4 Å². The molecule has 0 bridgehead atoms. The lowest BCUT2D eigenvalue weighted by molar-refractivity contribution is 0.445. The van der Waals surface area contributed by atoms with E-state index in [4.69, 9.17) is 0 Å². The molecule has 0 atom stereocenters. The summed E-state index contributed by atoms with van der Waals surface area (Å²) in [5.74, 6) is 1.99. The number of hydrogen-bond acceptors (Lipinski definition) is 2. The number of halogens is 1. The molecule has 0 saturated carbocycles. The number of pyridine rings is 1. The maximum Gasteiger partial charge on any atom is 0.128 e. The third kappa shape index (κ3) is 2.71. The van der Waals surface area contributed by atoms with Crippen LogP contribution in [0.4, 0.5) is 5.82 Å². The fourth-order valence-electron chi connectivity index (χ4n) is 2.01. The van der Waals surface area contributed by atoms with Gasteiger partial charge < -0.3 is 4.90 Å². The van der Waals surface area contributed by atoms with E-state index < -0.39 is 0 Å². The van der Waals surface area contributed by atoms with Gasteiger partial charge in [-0.15, -0.1) is 0 Å². The van der Waals surface area contributed by atoms with Gasteiger partial charge in [-0.3, -0.25) is 0 Å². The second kappa shape index (κ2) is 4.97. The summed E-state index contributed by atoms with van der Waals surface area (Å²) in [6.07, 6.45) is 4.46. The minimum Gasteiger partial charge on any atom is -0.357 e. The SMILES string of the molecule is Cc1ccnc(N2CCC(CBr)CC2)c1. The molecule has 1 aromatic rings. The molecule has 1 aliphatic rings. The molecule has 0 N–H and O–H groups in total. The Balaban J connectivity index is 2.01. The average Bonchev–Trinajstić information content (AvgIpc) is 2.29. The average molecular weight is 269 g/mol. The largest absolute Gasteiger partial charge is 0.357 e. The van der Waals surface area contributed by atoms with E-state index in [1.165, 1.54) is 18.4 Å². The first kappa shape index (κ1) is 10.9. The van der Waals surface area contributed by atoms with Crippen molar-refractivity contribution in [3.63, 3.8) is 0 Å². The summed E-state index contributed by atoms with van der Waals surface area (Å²) in [6, 6.07) is 4.23. The monoisotopic (exact) mass is 268 g/mol. The van der Waals surface area contributed by atoms with Crippen LogP contribution in [0.5, 0.6) is 0 Å². The molecule has 1 fully saturated rings. The summed E-state index contributed by atoms with van der Waals surface area (Å²) in [6.45, 7) is 4.41. The van der Waals surface area contributed by atoms with Gasteiger partial charge in [0.1, 0.15) is 5.82 Å². The van der Waals surface area contributed by atoms with E-state index in [2.05, 4.69) is 44.9 Å². The number of hydrogen-bond donors (Lipinski definition) is 0. The molecule has 1 saturated heterocycles. The highest BCUT2D eigenvalue weighted by atomic mass is 79.9. The van der Waals surface area contributed by atoms with E-state index in [-0.39, 0.29) is 0 Å². The van der Waals surface area contributed by atoms with Crippen LogP contribution in [0, 0.1) is 12.8 Å². The standard InChI is InChI=1S/C12H17BrN2/c1-10-2-5-14-12(8-10)15-6-3-11(9-13)4-7-15/h2,5,8,11H,3-4,6-7,9H2,1H3. The van der Waals surface area contributed by atoms with Crippen molar-refractivity contribution in [3.05, 3.63) is 23.9 Å². The summed E-state index contributed by atoms with van der Waals surface area (Å²) in [4.78, 5) is 6.82. The lowest BCUT2D eigenvalue weighted by Crippen LogP contribution is -2.34. The number of rotatable bonds is 2. The minimum absolute atomic E-state index is 0.853. The molecule has 3 heteroatoms. The number of anilines is 1. The maximum absolute atomic E-state index is 4.43. The van der Waals surface area contributed by atoms with E-state index >= 15 is 0 Å². The van der Waals surface area contributed by atoms with E-state index in [1.54, 1.807) is 0 Å². The Kier molecular flexibility index (Phi) is 3.62. The molecule has 0 aliphatic carbocycles. The second-order valence-electron chi connectivity index (χ2n) is 4.28. The molecule has 0 spiro atoms. The van der Waals surface area contributed by atoms with Gasteiger partial charge >= 0.3 is 0 Å². The highest BCUT2D eigenvalue weighted by Gasteiger charge is 2.18. The fraction of sp³-hybridized carbons (Fsp3) is 0.583. The first-order valence-electron chi connectivity index (χ1n) is 5.53.